The number of hydrogen-bond acceptors (Lipinski definition) is 1. The molecule has 0 N–H and O–H groups in total. The fourth-order valence-electron chi connectivity index (χ4n) is 14.1. The summed E-state index contributed by atoms with van der Waals surface area (Å²) in [5, 5.41) is 0. The van der Waals surface area contributed by atoms with Gasteiger partial charge in [0.2, 0.25) is 0 Å². The van der Waals surface area contributed by atoms with Crippen molar-refractivity contribution in [3.8, 4) is 33.4 Å². The number of anilines is 3. The Bertz CT molecular complexity index is 2640. The third-order valence-electron chi connectivity index (χ3n) is 16.9. The van der Waals surface area contributed by atoms with Crippen molar-refractivity contribution in [3.05, 3.63) is 161 Å². The molecule has 0 radical (unpaired) electrons. The van der Waals surface area contributed by atoms with Gasteiger partial charge in [-0.3, -0.25) is 0 Å². The molecule has 7 aliphatic carbocycles. The van der Waals surface area contributed by atoms with Crippen molar-refractivity contribution in [2.75, 3.05) is 4.90 Å². The van der Waals surface area contributed by atoms with Crippen LogP contribution in [0.4, 0.5) is 17.1 Å². The lowest BCUT2D eigenvalue weighted by Crippen LogP contribution is -2.55. The number of benzene rings is 6. The number of rotatable bonds is 4. The number of nitrogens with zero attached hydrogens (tertiary/aromatic N) is 1. The van der Waals surface area contributed by atoms with Crippen molar-refractivity contribution in [1.29, 1.82) is 0 Å². The zero-order chi connectivity index (χ0) is 39.3. The monoisotopic (exact) mass is 755 g/mol. The Hall–Kier alpha value is -4.88. The van der Waals surface area contributed by atoms with Crippen LogP contribution in [0.1, 0.15) is 120 Å². The molecule has 0 atom stereocenters. The van der Waals surface area contributed by atoms with Crippen LogP contribution in [-0.4, -0.2) is 0 Å². The van der Waals surface area contributed by atoms with Crippen LogP contribution in [0.5, 0.6) is 0 Å². The molecule has 4 saturated carbocycles. The minimum atomic E-state index is -0.0230. The molecule has 0 aliphatic heterocycles. The first kappa shape index (κ1) is 35.1. The second-order valence-corrected chi connectivity index (χ2v) is 21.3. The van der Waals surface area contributed by atoms with Crippen molar-refractivity contribution in [1.82, 2.24) is 0 Å². The number of hydrogen-bond donors (Lipinski definition) is 0. The second kappa shape index (κ2) is 11.9. The lowest BCUT2D eigenvalue weighted by molar-refractivity contribution is -0.0399. The average molecular weight is 756 g/mol. The van der Waals surface area contributed by atoms with Crippen LogP contribution in [0.2, 0.25) is 0 Å². The quantitative estimate of drug-likeness (QED) is 0.173. The standard InChI is InChI=1S/C57H57N/c1-54(2)25-26-55(3,4)53-34-43(21-24-51(53)54)58(42-20-23-49-47(33-42)45-12-7-9-13-48(45)56(49,5)6)41-18-15-37(16-19-41)38-17-22-46-44-11-8-10-14-50(44)57(52(46)32-38)39-28-35-27-36(30-39)31-40(57)29-35/h7-24,32-36,39-40H,25-31H2,1-6H3. The summed E-state index contributed by atoms with van der Waals surface area (Å²) in [5.74, 6) is 3.44. The third kappa shape index (κ3) is 4.71. The van der Waals surface area contributed by atoms with Gasteiger partial charge < -0.3 is 4.90 Å². The van der Waals surface area contributed by atoms with Crippen LogP contribution in [0, 0.1) is 23.7 Å². The van der Waals surface area contributed by atoms with Gasteiger partial charge in [0.05, 0.1) is 0 Å². The van der Waals surface area contributed by atoms with E-state index in [9.17, 15) is 0 Å². The Balaban J connectivity index is 0.981. The molecule has 7 aliphatic rings. The Morgan fingerprint density at radius 3 is 1.60 bits per heavy atom. The predicted octanol–water partition coefficient (Wildman–Crippen LogP) is 15.2. The fraction of sp³-hybridized carbons (Fsp3) is 0.368. The molecular weight excluding hydrogens is 699 g/mol. The maximum atomic E-state index is 2.64. The molecule has 6 aromatic carbocycles. The van der Waals surface area contributed by atoms with E-state index in [1.807, 2.05) is 0 Å². The molecule has 0 unspecified atom stereocenters. The maximum absolute atomic E-state index is 2.64. The zero-order valence-electron chi connectivity index (χ0n) is 35.3. The van der Waals surface area contributed by atoms with Gasteiger partial charge in [-0.05, 0) is 189 Å². The molecule has 13 rings (SSSR count). The molecule has 290 valence electrons. The first-order valence-electron chi connectivity index (χ1n) is 22.5. The summed E-state index contributed by atoms with van der Waals surface area (Å²) in [4.78, 5) is 2.53. The van der Waals surface area contributed by atoms with Gasteiger partial charge in [-0.2, -0.15) is 0 Å². The van der Waals surface area contributed by atoms with E-state index in [0.717, 1.165) is 23.7 Å². The summed E-state index contributed by atoms with van der Waals surface area (Å²) < 4.78 is 0. The van der Waals surface area contributed by atoms with Gasteiger partial charge in [0, 0.05) is 27.9 Å². The highest BCUT2D eigenvalue weighted by Crippen LogP contribution is 2.69. The molecule has 4 fully saturated rings. The topological polar surface area (TPSA) is 3.24 Å². The highest BCUT2D eigenvalue weighted by molar-refractivity contribution is 5.88. The van der Waals surface area contributed by atoms with Gasteiger partial charge in [0.25, 0.3) is 0 Å². The van der Waals surface area contributed by atoms with Gasteiger partial charge in [0.15, 0.2) is 0 Å². The molecule has 0 heterocycles. The Morgan fingerprint density at radius 2 is 0.914 bits per heavy atom. The SMILES string of the molecule is CC1(C)CCC(C)(C)c2cc(N(c3ccc(-c4ccc5c(c4)C4(c6ccccc6-5)C5CC6CC(C5)CC4C6)cc3)c3ccc4c(c3)-c3ccccc3C4(C)C)ccc21. The van der Waals surface area contributed by atoms with E-state index in [0.29, 0.717) is 0 Å². The Morgan fingerprint density at radius 1 is 0.397 bits per heavy atom. The molecule has 1 heteroatoms. The molecule has 0 saturated heterocycles. The summed E-state index contributed by atoms with van der Waals surface area (Å²) in [6, 6.07) is 50.2. The minimum absolute atomic E-state index is 0.0230. The number of fused-ring (bicyclic) bond motifs is 7. The molecule has 6 aromatic rings. The van der Waals surface area contributed by atoms with Crippen LogP contribution >= 0.6 is 0 Å². The lowest BCUT2D eigenvalue weighted by Gasteiger charge is -2.61. The van der Waals surface area contributed by atoms with E-state index in [1.54, 1.807) is 11.1 Å². The van der Waals surface area contributed by atoms with Gasteiger partial charge in [-0.15, -0.1) is 0 Å². The Kier molecular flexibility index (Phi) is 7.18. The van der Waals surface area contributed by atoms with Crippen molar-refractivity contribution >= 4 is 17.1 Å². The molecule has 0 amide bonds. The van der Waals surface area contributed by atoms with Crippen LogP contribution in [0.15, 0.2) is 127 Å². The average Bonchev–Trinajstić information content (AvgIpc) is 3.64. The molecule has 1 spiro atoms. The fourth-order valence-corrected chi connectivity index (χ4v) is 14.1. The molecule has 58 heavy (non-hydrogen) atoms. The van der Waals surface area contributed by atoms with Gasteiger partial charge in [-0.25, -0.2) is 0 Å². The van der Waals surface area contributed by atoms with Crippen LogP contribution < -0.4 is 4.90 Å². The molecule has 4 bridgehead atoms. The predicted molar refractivity (Wildman–Crippen MR) is 243 cm³/mol. The molecule has 1 nitrogen and oxygen atoms in total. The normalized spacial score (nSPS) is 26.8. The smallest absolute Gasteiger partial charge is 0.0468 e. The summed E-state index contributed by atoms with van der Waals surface area (Å²) in [7, 11) is 0. The first-order valence-corrected chi connectivity index (χ1v) is 22.5. The minimum Gasteiger partial charge on any atom is -0.310 e. The zero-order valence-corrected chi connectivity index (χ0v) is 35.3. The van der Waals surface area contributed by atoms with Gasteiger partial charge >= 0.3 is 0 Å². The molecule has 0 aromatic heterocycles. The van der Waals surface area contributed by atoms with E-state index in [-0.39, 0.29) is 21.7 Å². The highest BCUT2D eigenvalue weighted by Gasteiger charge is 2.61. The van der Waals surface area contributed by atoms with Crippen LogP contribution in [-0.2, 0) is 21.7 Å². The van der Waals surface area contributed by atoms with Gasteiger partial charge in [0.1, 0.15) is 0 Å². The third-order valence-corrected chi connectivity index (χ3v) is 16.9. The summed E-state index contributed by atoms with van der Waals surface area (Å²) >= 11 is 0. The van der Waals surface area contributed by atoms with Crippen molar-refractivity contribution < 1.29 is 0 Å². The Labute approximate surface area is 346 Å². The van der Waals surface area contributed by atoms with E-state index in [2.05, 4.69) is 174 Å². The maximum Gasteiger partial charge on any atom is 0.0468 e. The van der Waals surface area contributed by atoms with E-state index < -0.39 is 0 Å². The first-order chi connectivity index (χ1) is 27.9. The largest absolute Gasteiger partial charge is 0.310 e. The van der Waals surface area contributed by atoms with Crippen molar-refractivity contribution in [2.24, 2.45) is 23.7 Å². The van der Waals surface area contributed by atoms with Crippen molar-refractivity contribution in [2.45, 2.75) is 108 Å². The van der Waals surface area contributed by atoms with Crippen LogP contribution in [0.3, 0.4) is 0 Å². The van der Waals surface area contributed by atoms with E-state index in [1.165, 1.54) is 118 Å². The summed E-state index contributed by atoms with van der Waals surface area (Å²) in [6.07, 6.45) is 9.56. The summed E-state index contributed by atoms with van der Waals surface area (Å²) in [5.41, 5.74) is 21.6. The van der Waals surface area contributed by atoms with Crippen LogP contribution in [0.25, 0.3) is 33.4 Å². The van der Waals surface area contributed by atoms with Crippen molar-refractivity contribution in [3.63, 3.8) is 0 Å². The molecular formula is C57H57N. The van der Waals surface area contributed by atoms with Gasteiger partial charge in [-0.1, -0.05) is 126 Å². The second-order valence-electron chi connectivity index (χ2n) is 21.3. The lowest BCUT2D eigenvalue weighted by atomic mass is 9.43. The highest BCUT2D eigenvalue weighted by atomic mass is 15.1. The van der Waals surface area contributed by atoms with E-state index in [4.69, 9.17) is 0 Å². The summed E-state index contributed by atoms with van der Waals surface area (Å²) in [6.45, 7) is 14.5. The van der Waals surface area contributed by atoms with E-state index >= 15 is 0 Å².